The Kier molecular flexibility index (Phi) is 4.44. The molecule has 0 spiro atoms. The van der Waals surface area contributed by atoms with Crippen LogP contribution in [0.1, 0.15) is 9.67 Å². The average Bonchev–Trinajstić information content (AvgIpc) is 2.77. The second-order valence-electron chi connectivity index (χ2n) is 2.64. The number of carbonyl (C=O) groups excluding carboxylic acids is 1. The molecule has 1 heterocycles. The van der Waals surface area contributed by atoms with Gasteiger partial charge in [0.2, 0.25) is 5.17 Å². The molecule has 0 bridgehead atoms. The summed E-state index contributed by atoms with van der Waals surface area (Å²) in [5.41, 5.74) is 0. The van der Waals surface area contributed by atoms with Gasteiger partial charge in [-0.3, -0.25) is 4.79 Å². The Morgan fingerprint density at radius 3 is 2.81 bits per heavy atom. The fraction of sp³-hybridized carbons (Fsp3) is 0.250. The predicted molar refractivity (Wildman–Crippen MR) is 64.4 cm³/mol. The number of nitro groups is 1. The van der Waals surface area contributed by atoms with Crippen LogP contribution in [0.3, 0.4) is 0 Å². The molecule has 1 aromatic heterocycles. The fourth-order valence-corrected chi connectivity index (χ4v) is 1.97. The molecule has 0 aliphatic carbocycles. The Balaban J connectivity index is 2.88. The molecule has 0 saturated heterocycles. The number of carbonyl (C=O) groups is 1. The van der Waals surface area contributed by atoms with E-state index < -0.39 is 10.9 Å². The van der Waals surface area contributed by atoms with Gasteiger partial charge in [-0.05, 0) is 17.7 Å². The SMILES string of the molecule is CSC(=NC(=O)c1cccs1)N(C)[N+](=O)[O-]. The van der Waals surface area contributed by atoms with Gasteiger partial charge in [-0.15, -0.1) is 11.3 Å². The fourth-order valence-electron chi connectivity index (χ4n) is 0.862. The number of nitrogens with zero attached hydrogens (tertiary/aromatic N) is 3. The maximum Gasteiger partial charge on any atom is 0.289 e. The van der Waals surface area contributed by atoms with Gasteiger partial charge in [0.05, 0.1) is 11.9 Å². The number of hydrazine groups is 1. The van der Waals surface area contributed by atoms with E-state index in [0.717, 1.165) is 16.8 Å². The van der Waals surface area contributed by atoms with E-state index in [1.165, 1.54) is 18.4 Å². The van der Waals surface area contributed by atoms with Crippen molar-refractivity contribution in [3.8, 4) is 0 Å². The minimum absolute atomic E-state index is 0.0587. The number of thiophene rings is 1. The Hall–Kier alpha value is -1.41. The molecule has 0 fully saturated rings. The van der Waals surface area contributed by atoms with Gasteiger partial charge in [0, 0.05) is 0 Å². The first kappa shape index (κ1) is 12.7. The van der Waals surface area contributed by atoms with Crippen LogP contribution < -0.4 is 0 Å². The maximum atomic E-state index is 11.6. The number of thioether (sulfide) groups is 1. The number of rotatable bonds is 2. The summed E-state index contributed by atoms with van der Waals surface area (Å²) in [5, 5.41) is 12.4. The lowest BCUT2D eigenvalue weighted by atomic mass is 10.4. The number of hydrogen-bond acceptors (Lipinski definition) is 5. The molecule has 0 radical (unpaired) electrons. The standard InChI is InChI=1S/C8H9N3O3S2/c1-10(11(13)14)8(15-2)9-7(12)6-4-3-5-16-6/h3-5H,1-2H3. The number of amidine groups is 1. The van der Waals surface area contributed by atoms with Crippen molar-refractivity contribution in [3.05, 3.63) is 32.5 Å². The van der Waals surface area contributed by atoms with Crippen molar-refractivity contribution in [3.63, 3.8) is 0 Å². The van der Waals surface area contributed by atoms with Crippen molar-refractivity contribution < 1.29 is 9.83 Å². The first-order valence-corrected chi connectivity index (χ1v) is 6.25. The molecular weight excluding hydrogens is 250 g/mol. The highest BCUT2D eigenvalue weighted by molar-refractivity contribution is 8.13. The summed E-state index contributed by atoms with van der Waals surface area (Å²) in [5.74, 6) is -0.465. The molecule has 0 atom stereocenters. The Morgan fingerprint density at radius 1 is 1.69 bits per heavy atom. The molecule has 0 unspecified atom stereocenters. The summed E-state index contributed by atoms with van der Waals surface area (Å²) < 4.78 is 0. The van der Waals surface area contributed by atoms with Crippen LogP contribution in [-0.4, -0.2) is 34.4 Å². The molecule has 0 saturated carbocycles. The molecular formula is C8H9N3O3S2. The highest BCUT2D eigenvalue weighted by atomic mass is 32.2. The normalized spacial score (nSPS) is 11.2. The first-order valence-electron chi connectivity index (χ1n) is 4.14. The minimum Gasteiger partial charge on any atom is -0.266 e. The lowest BCUT2D eigenvalue weighted by Gasteiger charge is -2.07. The lowest BCUT2D eigenvalue weighted by Crippen LogP contribution is -2.30. The lowest BCUT2D eigenvalue weighted by molar-refractivity contribution is -0.621. The van der Waals surface area contributed by atoms with Crippen LogP contribution in [0.4, 0.5) is 0 Å². The highest BCUT2D eigenvalue weighted by Gasteiger charge is 2.17. The van der Waals surface area contributed by atoms with Gasteiger partial charge >= 0.3 is 0 Å². The van der Waals surface area contributed by atoms with Crippen molar-refractivity contribution in [2.45, 2.75) is 0 Å². The van der Waals surface area contributed by atoms with Crippen LogP contribution in [-0.2, 0) is 0 Å². The van der Waals surface area contributed by atoms with E-state index in [1.54, 1.807) is 23.8 Å². The Bertz CT molecular complexity index is 416. The third kappa shape index (κ3) is 3.04. The van der Waals surface area contributed by atoms with E-state index >= 15 is 0 Å². The van der Waals surface area contributed by atoms with Crippen molar-refractivity contribution >= 4 is 34.2 Å². The van der Waals surface area contributed by atoms with Gasteiger partial charge in [0.25, 0.3) is 5.91 Å². The molecule has 8 heteroatoms. The highest BCUT2D eigenvalue weighted by Crippen LogP contribution is 2.12. The summed E-state index contributed by atoms with van der Waals surface area (Å²) in [6.07, 6.45) is 1.63. The maximum absolute atomic E-state index is 11.6. The van der Waals surface area contributed by atoms with Crippen LogP contribution in [0.2, 0.25) is 0 Å². The summed E-state index contributed by atoms with van der Waals surface area (Å²) in [6, 6.07) is 3.35. The third-order valence-electron chi connectivity index (χ3n) is 1.63. The second-order valence-corrected chi connectivity index (χ2v) is 4.36. The summed E-state index contributed by atoms with van der Waals surface area (Å²) >= 11 is 2.30. The largest absolute Gasteiger partial charge is 0.289 e. The summed E-state index contributed by atoms with van der Waals surface area (Å²) in [4.78, 5) is 26.2. The van der Waals surface area contributed by atoms with Crippen LogP contribution in [0.15, 0.2) is 22.5 Å². The molecule has 1 aromatic rings. The van der Waals surface area contributed by atoms with Gasteiger partial charge < -0.3 is 0 Å². The second kappa shape index (κ2) is 5.61. The predicted octanol–water partition coefficient (Wildman–Crippen LogP) is 1.73. The van der Waals surface area contributed by atoms with Gasteiger partial charge in [-0.1, -0.05) is 22.8 Å². The molecule has 0 aromatic carbocycles. The van der Waals surface area contributed by atoms with Crippen LogP contribution in [0.25, 0.3) is 0 Å². The summed E-state index contributed by atoms with van der Waals surface area (Å²) in [6.45, 7) is 0. The van der Waals surface area contributed by atoms with Gasteiger partial charge in [-0.2, -0.15) is 4.99 Å². The van der Waals surface area contributed by atoms with Crippen molar-refractivity contribution in [2.75, 3.05) is 13.3 Å². The zero-order valence-corrected chi connectivity index (χ0v) is 10.2. The molecule has 86 valence electrons. The van der Waals surface area contributed by atoms with Crippen LogP contribution in [0.5, 0.6) is 0 Å². The van der Waals surface area contributed by atoms with E-state index in [4.69, 9.17) is 0 Å². The van der Waals surface area contributed by atoms with Crippen molar-refractivity contribution in [2.24, 2.45) is 4.99 Å². The smallest absolute Gasteiger partial charge is 0.266 e. The Morgan fingerprint density at radius 2 is 2.38 bits per heavy atom. The van der Waals surface area contributed by atoms with Gasteiger partial charge in [0.1, 0.15) is 0 Å². The van der Waals surface area contributed by atoms with E-state index in [0.29, 0.717) is 4.88 Å². The number of aliphatic imine (C=N–C) groups is 1. The van der Waals surface area contributed by atoms with E-state index in [2.05, 4.69) is 4.99 Å². The zero-order valence-electron chi connectivity index (χ0n) is 8.61. The number of amides is 1. The minimum atomic E-state index is -0.628. The van der Waals surface area contributed by atoms with Crippen molar-refractivity contribution in [1.82, 2.24) is 5.01 Å². The first-order chi connectivity index (χ1) is 7.56. The molecule has 6 nitrogen and oxygen atoms in total. The van der Waals surface area contributed by atoms with E-state index in [9.17, 15) is 14.9 Å². The van der Waals surface area contributed by atoms with Gasteiger partial charge in [-0.25, -0.2) is 10.1 Å². The van der Waals surface area contributed by atoms with E-state index in [-0.39, 0.29) is 5.17 Å². The molecule has 0 aliphatic heterocycles. The quantitative estimate of drug-likeness (QED) is 0.350. The van der Waals surface area contributed by atoms with Crippen LogP contribution in [0, 0.1) is 10.1 Å². The molecule has 16 heavy (non-hydrogen) atoms. The monoisotopic (exact) mass is 259 g/mol. The van der Waals surface area contributed by atoms with Gasteiger partial charge in [0.15, 0.2) is 5.03 Å². The topological polar surface area (TPSA) is 75.8 Å². The molecule has 1 rings (SSSR count). The van der Waals surface area contributed by atoms with Crippen LogP contribution >= 0.6 is 23.1 Å². The average molecular weight is 259 g/mol. The van der Waals surface area contributed by atoms with E-state index in [1.807, 2.05) is 0 Å². The number of hydrogen-bond donors (Lipinski definition) is 0. The van der Waals surface area contributed by atoms with Crippen molar-refractivity contribution in [1.29, 1.82) is 0 Å². The molecule has 0 N–H and O–H groups in total. The molecule has 1 amide bonds. The third-order valence-corrected chi connectivity index (χ3v) is 3.21. The molecule has 0 aliphatic rings. The summed E-state index contributed by atoms with van der Waals surface area (Å²) in [7, 11) is 1.25. The zero-order chi connectivity index (χ0) is 12.1. The Labute approximate surface area is 100 Å².